The van der Waals surface area contributed by atoms with Gasteiger partial charge in [-0.2, -0.15) is 0 Å². The molecule has 0 saturated carbocycles. The van der Waals surface area contributed by atoms with Crippen molar-refractivity contribution in [3.8, 4) is 11.1 Å². The summed E-state index contributed by atoms with van der Waals surface area (Å²) >= 11 is 0. The number of fused-ring (bicyclic) bond motifs is 9. The molecule has 0 N–H and O–H groups in total. The van der Waals surface area contributed by atoms with Gasteiger partial charge in [0.1, 0.15) is 0 Å². The Morgan fingerprint density at radius 3 is 1.89 bits per heavy atom. The van der Waals surface area contributed by atoms with E-state index in [9.17, 15) is 0 Å². The van der Waals surface area contributed by atoms with Crippen LogP contribution in [0.15, 0.2) is 152 Å². The topological polar surface area (TPSA) is 3.24 Å². The van der Waals surface area contributed by atoms with E-state index in [1.807, 2.05) is 0 Å². The highest BCUT2D eigenvalue weighted by Crippen LogP contribution is 2.59. The fraction of sp³-hybridized carbons (Fsp3) is 0.0698. The minimum Gasteiger partial charge on any atom is -0.309 e. The lowest BCUT2D eigenvalue weighted by atomic mass is 9.77. The van der Waals surface area contributed by atoms with Gasteiger partial charge in [-0.25, -0.2) is 0 Å². The molecule has 7 aromatic carbocycles. The van der Waals surface area contributed by atoms with E-state index in [4.69, 9.17) is 0 Å². The van der Waals surface area contributed by atoms with E-state index in [1.54, 1.807) is 0 Å². The van der Waals surface area contributed by atoms with Gasteiger partial charge in [0.25, 0.3) is 0 Å². The first kappa shape index (κ1) is 25.1. The summed E-state index contributed by atoms with van der Waals surface area (Å²) in [5.41, 5.74) is 14.0. The summed E-state index contributed by atoms with van der Waals surface area (Å²) in [5, 5.41) is 5.12. The van der Waals surface area contributed by atoms with Crippen LogP contribution in [0.3, 0.4) is 0 Å². The highest BCUT2D eigenvalue weighted by molar-refractivity contribution is 6.15. The normalized spacial score (nSPS) is 14.6. The maximum absolute atomic E-state index is 2.48. The Balaban J connectivity index is 1.31. The Morgan fingerprint density at radius 1 is 0.455 bits per heavy atom. The molecule has 0 fully saturated rings. The summed E-state index contributed by atoms with van der Waals surface area (Å²) in [7, 11) is 0. The zero-order chi connectivity index (χ0) is 29.4. The number of para-hydroxylation sites is 2. The zero-order valence-corrected chi connectivity index (χ0v) is 24.9. The molecule has 9 rings (SSSR count). The second-order valence-electron chi connectivity index (χ2n) is 12.5. The van der Waals surface area contributed by atoms with Crippen LogP contribution in [0.2, 0.25) is 0 Å². The summed E-state index contributed by atoms with van der Waals surface area (Å²) < 4.78 is 0. The molecule has 0 aromatic heterocycles. The fourth-order valence-electron chi connectivity index (χ4n) is 7.85. The van der Waals surface area contributed by atoms with Gasteiger partial charge in [-0.3, -0.25) is 0 Å². The van der Waals surface area contributed by atoms with E-state index >= 15 is 0 Å². The number of hydrogen-bond acceptors (Lipinski definition) is 1. The Labute approximate surface area is 258 Å². The summed E-state index contributed by atoms with van der Waals surface area (Å²) in [4.78, 5) is 2.48. The van der Waals surface area contributed by atoms with E-state index < -0.39 is 0 Å². The predicted octanol–water partition coefficient (Wildman–Crippen LogP) is 11.7. The van der Waals surface area contributed by atoms with Crippen molar-refractivity contribution < 1.29 is 0 Å². The Morgan fingerprint density at radius 2 is 1.07 bits per heavy atom. The second-order valence-corrected chi connectivity index (χ2v) is 12.5. The number of benzene rings is 7. The average Bonchev–Trinajstić information content (AvgIpc) is 3.22. The lowest BCUT2D eigenvalue weighted by molar-refractivity contribution is 0.704. The minimum atomic E-state index is -0.128. The largest absolute Gasteiger partial charge is 0.309 e. The third-order valence-electron chi connectivity index (χ3n) is 9.76. The Bertz CT molecular complexity index is 2320. The van der Waals surface area contributed by atoms with E-state index in [-0.39, 0.29) is 5.41 Å². The van der Waals surface area contributed by atoms with E-state index in [0.29, 0.717) is 0 Å². The average molecular weight is 562 g/mol. The van der Waals surface area contributed by atoms with Crippen molar-refractivity contribution in [3.05, 3.63) is 174 Å². The zero-order valence-electron chi connectivity index (χ0n) is 24.9. The molecule has 44 heavy (non-hydrogen) atoms. The lowest BCUT2D eigenvalue weighted by Gasteiger charge is -2.31. The summed E-state index contributed by atoms with van der Waals surface area (Å²) in [6, 6.07) is 55.9. The molecule has 0 amide bonds. The number of rotatable bonds is 2. The van der Waals surface area contributed by atoms with E-state index in [2.05, 4.69) is 170 Å². The summed E-state index contributed by atoms with van der Waals surface area (Å²) in [5.74, 6) is 0. The molecule has 1 heteroatoms. The van der Waals surface area contributed by atoms with Crippen molar-refractivity contribution in [1.29, 1.82) is 0 Å². The monoisotopic (exact) mass is 561 g/mol. The molecular formula is C43H31N. The van der Waals surface area contributed by atoms with Crippen molar-refractivity contribution in [2.45, 2.75) is 19.3 Å². The maximum atomic E-state index is 2.48. The molecule has 1 heterocycles. The molecule has 0 bridgehead atoms. The molecule has 0 saturated heterocycles. The molecule has 2 aliphatic rings. The molecule has 7 aromatic rings. The van der Waals surface area contributed by atoms with Crippen LogP contribution in [0.25, 0.3) is 43.8 Å². The first-order chi connectivity index (χ1) is 21.6. The lowest BCUT2D eigenvalue weighted by Crippen LogP contribution is -2.18. The predicted molar refractivity (Wildman–Crippen MR) is 187 cm³/mol. The van der Waals surface area contributed by atoms with Gasteiger partial charge in [-0.05, 0) is 85.3 Å². The molecule has 208 valence electrons. The van der Waals surface area contributed by atoms with Gasteiger partial charge in [0.15, 0.2) is 0 Å². The van der Waals surface area contributed by atoms with Gasteiger partial charge < -0.3 is 4.90 Å². The highest BCUT2D eigenvalue weighted by Gasteiger charge is 2.42. The van der Waals surface area contributed by atoms with Crippen LogP contribution in [-0.4, -0.2) is 0 Å². The van der Waals surface area contributed by atoms with Gasteiger partial charge in [0.2, 0.25) is 0 Å². The molecule has 0 radical (unpaired) electrons. The van der Waals surface area contributed by atoms with Crippen molar-refractivity contribution in [3.63, 3.8) is 0 Å². The first-order valence-corrected chi connectivity index (χ1v) is 15.5. The number of allylic oxidation sites excluding steroid dienone is 1. The van der Waals surface area contributed by atoms with E-state index in [1.165, 1.54) is 77.4 Å². The van der Waals surface area contributed by atoms with Crippen LogP contribution in [0, 0.1) is 0 Å². The molecule has 0 spiro atoms. The molecule has 1 aliphatic heterocycles. The van der Waals surface area contributed by atoms with Gasteiger partial charge in [0.05, 0.1) is 11.4 Å². The third-order valence-corrected chi connectivity index (χ3v) is 9.76. The second kappa shape index (κ2) is 9.30. The standard InChI is InChI=1S/C43H31N/c1-43(2)38-23-10-7-20-34(38)41-35-21-8-11-24-39(35)44(40-25-12-9-22-36(40)42(41)43)30-16-13-15-28(26-30)37-27-29-14-3-4-17-31(29)32-18-5-6-19-33(32)37/h3-27H,1-2H3. The molecule has 0 atom stereocenters. The van der Waals surface area contributed by atoms with Crippen LogP contribution in [-0.2, 0) is 5.41 Å². The Hall–Kier alpha value is -5.40. The Kier molecular flexibility index (Phi) is 5.31. The first-order valence-electron chi connectivity index (χ1n) is 15.5. The molecular weight excluding hydrogens is 530 g/mol. The van der Waals surface area contributed by atoms with Gasteiger partial charge in [0, 0.05) is 22.2 Å². The highest BCUT2D eigenvalue weighted by atomic mass is 15.1. The summed E-state index contributed by atoms with van der Waals surface area (Å²) in [6.45, 7) is 4.77. The number of nitrogens with zero attached hydrogens (tertiary/aromatic N) is 1. The number of anilines is 3. The fourth-order valence-corrected chi connectivity index (χ4v) is 7.85. The number of hydrogen-bond donors (Lipinski definition) is 0. The maximum Gasteiger partial charge on any atom is 0.0540 e. The summed E-state index contributed by atoms with van der Waals surface area (Å²) in [6.07, 6.45) is 0. The van der Waals surface area contributed by atoms with Crippen molar-refractivity contribution in [1.82, 2.24) is 0 Å². The van der Waals surface area contributed by atoms with Gasteiger partial charge >= 0.3 is 0 Å². The van der Waals surface area contributed by atoms with Crippen LogP contribution in [0.1, 0.15) is 36.1 Å². The van der Waals surface area contributed by atoms with Crippen molar-refractivity contribution in [2.24, 2.45) is 0 Å². The van der Waals surface area contributed by atoms with Crippen molar-refractivity contribution in [2.75, 3.05) is 4.90 Å². The van der Waals surface area contributed by atoms with Gasteiger partial charge in [-0.15, -0.1) is 0 Å². The van der Waals surface area contributed by atoms with Crippen LogP contribution in [0.5, 0.6) is 0 Å². The molecule has 1 aliphatic carbocycles. The molecule has 1 nitrogen and oxygen atoms in total. The van der Waals surface area contributed by atoms with Crippen LogP contribution in [0.4, 0.5) is 17.1 Å². The van der Waals surface area contributed by atoms with Crippen molar-refractivity contribution >= 4 is 49.8 Å². The van der Waals surface area contributed by atoms with Crippen LogP contribution < -0.4 is 4.90 Å². The quantitative estimate of drug-likeness (QED) is 0.190. The van der Waals surface area contributed by atoms with Gasteiger partial charge in [-0.1, -0.05) is 135 Å². The molecule has 0 unspecified atom stereocenters. The van der Waals surface area contributed by atoms with E-state index in [0.717, 1.165) is 5.69 Å². The smallest absolute Gasteiger partial charge is 0.0540 e. The third kappa shape index (κ3) is 3.47. The SMILES string of the molecule is CC1(C)C2=C(c3ccccc3N(c3cccc(-c4cc5ccccc5c5ccccc45)c3)c3ccccc32)c2ccccc21. The van der Waals surface area contributed by atoms with Crippen LogP contribution >= 0.6 is 0 Å². The minimum absolute atomic E-state index is 0.128.